The number of benzene rings is 1. The molecule has 1 N–H and O–H groups in total. The van der Waals surface area contributed by atoms with E-state index in [4.69, 9.17) is 14.7 Å². The van der Waals surface area contributed by atoms with Gasteiger partial charge >= 0.3 is 0 Å². The third kappa shape index (κ3) is 4.86. The van der Waals surface area contributed by atoms with Crippen LogP contribution in [0.25, 0.3) is 0 Å². The minimum absolute atomic E-state index is 0.238. The lowest BCUT2D eigenvalue weighted by atomic mass is 9.78. The van der Waals surface area contributed by atoms with Crippen molar-refractivity contribution in [2.75, 3.05) is 13.7 Å². The Morgan fingerprint density at radius 1 is 1.23 bits per heavy atom. The van der Waals surface area contributed by atoms with E-state index >= 15 is 0 Å². The van der Waals surface area contributed by atoms with Crippen LogP contribution in [0.5, 0.6) is 5.75 Å². The second-order valence-corrected chi connectivity index (χ2v) is 7.26. The molecule has 0 unspecified atom stereocenters. The number of amides is 1. The second kappa shape index (κ2) is 9.19. The molecule has 3 rings (SSSR count). The van der Waals surface area contributed by atoms with Crippen LogP contribution in [0.4, 0.5) is 0 Å². The molecule has 5 nitrogen and oxygen atoms in total. The molecule has 1 aromatic carbocycles. The molecule has 0 spiro atoms. The highest BCUT2D eigenvalue weighted by atomic mass is 16.5. The number of hydrogen-bond donors (Lipinski definition) is 1. The molecule has 4 atom stereocenters. The summed E-state index contributed by atoms with van der Waals surface area (Å²) in [4.78, 5) is 11.3. The molecule has 0 saturated carbocycles. The number of hydrogen-bond acceptors (Lipinski definition) is 4. The number of rotatable bonds is 9. The van der Waals surface area contributed by atoms with Crippen molar-refractivity contribution in [2.24, 2.45) is 11.8 Å². The Balaban J connectivity index is 1.43. The van der Waals surface area contributed by atoms with Gasteiger partial charge in [0.05, 0.1) is 18.8 Å². The highest BCUT2D eigenvalue weighted by molar-refractivity contribution is 5.74. The van der Waals surface area contributed by atoms with Crippen LogP contribution in [0, 0.1) is 11.8 Å². The number of unbranched alkanes of at least 4 members (excludes halogenated alkanes) is 1. The van der Waals surface area contributed by atoms with Gasteiger partial charge < -0.3 is 9.47 Å². The zero-order chi connectivity index (χ0) is 18.4. The van der Waals surface area contributed by atoms with Crippen molar-refractivity contribution in [1.82, 2.24) is 5.06 Å². The molecular formula is C21H29NO4. The summed E-state index contributed by atoms with van der Waals surface area (Å²) in [6.07, 6.45) is 10.3. The first-order valence-corrected chi connectivity index (χ1v) is 9.59. The zero-order valence-electron chi connectivity index (χ0n) is 15.4. The number of fused-ring (bicyclic) bond motifs is 2. The minimum atomic E-state index is -0.238. The summed E-state index contributed by atoms with van der Waals surface area (Å²) >= 11 is 0. The highest BCUT2D eigenvalue weighted by Gasteiger charge is 2.48. The van der Waals surface area contributed by atoms with Crippen LogP contribution in [-0.4, -0.2) is 42.0 Å². The number of carbonyl (C=O) groups excluding carboxylic acids is 1. The molecule has 2 aliphatic rings. The molecule has 1 amide bonds. The van der Waals surface area contributed by atoms with Gasteiger partial charge in [0.1, 0.15) is 5.75 Å². The van der Waals surface area contributed by atoms with Crippen LogP contribution in [0.1, 0.15) is 38.5 Å². The number of carbonyl (C=O) groups is 1. The predicted octanol–water partition coefficient (Wildman–Crippen LogP) is 3.82. The van der Waals surface area contributed by atoms with Gasteiger partial charge in [-0.05, 0) is 50.2 Å². The smallest absolute Gasteiger partial charge is 0.245 e. The van der Waals surface area contributed by atoms with Crippen LogP contribution in [0.3, 0.4) is 0 Å². The SMILES string of the molecule is CN(O)C(=O)CCCC=CC[C@H]1[C@@H](COc2ccccc2)[C@H]2CC[C@@H]1O2. The third-order valence-electron chi connectivity index (χ3n) is 5.47. The van der Waals surface area contributed by atoms with Gasteiger partial charge in [0.25, 0.3) is 0 Å². The van der Waals surface area contributed by atoms with E-state index < -0.39 is 0 Å². The average molecular weight is 359 g/mol. The van der Waals surface area contributed by atoms with Crippen LogP contribution >= 0.6 is 0 Å². The van der Waals surface area contributed by atoms with Crippen molar-refractivity contribution in [1.29, 1.82) is 0 Å². The molecule has 5 heteroatoms. The molecule has 2 aliphatic heterocycles. The van der Waals surface area contributed by atoms with E-state index in [9.17, 15) is 4.79 Å². The number of ether oxygens (including phenoxy) is 2. The Kier molecular flexibility index (Phi) is 6.69. The molecule has 2 fully saturated rings. The molecular weight excluding hydrogens is 330 g/mol. The summed E-state index contributed by atoms with van der Waals surface area (Å²) in [6, 6.07) is 9.97. The third-order valence-corrected chi connectivity index (χ3v) is 5.47. The lowest BCUT2D eigenvalue weighted by Crippen LogP contribution is -2.31. The van der Waals surface area contributed by atoms with Crippen molar-refractivity contribution in [3.8, 4) is 5.75 Å². The molecule has 0 aliphatic carbocycles. The first kappa shape index (κ1) is 18.9. The molecule has 2 saturated heterocycles. The Bertz CT molecular complexity index is 601. The van der Waals surface area contributed by atoms with E-state index in [0.717, 1.165) is 37.9 Å². The normalized spacial score (nSPS) is 27.2. The van der Waals surface area contributed by atoms with E-state index in [1.54, 1.807) is 0 Å². The highest BCUT2D eigenvalue weighted by Crippen LogP contribution is 2.45. The standard InChI is InChI=1S/C21H29NO4/c1-22(24)21(23)12-8-3-2-7-11-17-18(20-14-13-19(17)26-20)15-25-16-9-5-4-6-10-16/h2,4-7,9-10,17-20,24H,3,8,11-15H2,1H3/t17-,18+,19-,20+/m0/s1. The molecule has 0 aromatic heterocycles. The van der Waals surface area contributed by atoms with E-state index in [1.165, 1.54) is 7.05 Å². The fraction of sp³-hybridized carbons (Fsp3) is 0.571. The van der Waals surface area contributed by atoms with Crippen LogP contribution in [-0.2, 0) is 9.53 Å². The maximum Gasteiger partial charge on any atom is 0.245 e. The van der Waals surface area contributed by atoms with Crippen molar-refractivity contribution in [3.05, 3.63) is 42.5 Å². The number of hydroxylamine groups is 2. The Morgan fingerprint density at radius 3 is 2.69 bits per heavy atom. The maximum atomic E-state index is 11.3. The molecule has 1 aromatic rings. The topological polar surface area (TPSA) is 59.0 Å². The van der Waals surface area contributed by atoms with Gasteiger partial charge in [0.15, 0.2) is 0 Å². The fourth-order valence-corrected chi connectivity index (χ4v) is 4.04. The number of nitrogens with zero attached hydrogens (tertiary/aromatic N) is 1. The quantitative estimate of drug-likeness (QED) is 0.315. The van der Waals surface area contributed by atoms with Crippen LogP contribution in [0.15, 0.2) is 42.5 Å². The number of para-hydroxylation sites is 1. The van der Waals surface area contributed by atoms with E-state index in [2.05, 4.69) is 12.2 Å². The first-order valence-electron chi connectivity index (χ1n) is 9.59. The molecule has 0 radical (unpaired) electrons. The van der Waals surface area contributed by atoms with Crippen molar-refractivity contribution in [3.63, 3.8) is 0 Å². The minimum Gasteiger partial charge on any atom is -0.493 e. The summed E-state index contributed by atoms with van der Waals surface area (Å²) in [6.45, 7) is 0.709. The molecule has 2 heterocycles. The summed E-state index contributed by atoms with van der Waals surface area (Å²) < 4.78 is 12.1. The van der Waals surface area contributed by atoms with Crippen LogP contribution < -0.4 is 4.74 Å². The maximum absolute atomic E-state index is 11.3. The van der Waals surface area contributed by atoms with Gasteiger partial charge in [-0.3, -0.25) is 10.0 Å². The van der Waals surface area contributed by atoms with Crippen molar-refractivity contribution >= 4 is 5.91 Å². The van der Waals surface area contributed by atoms with Gasteiger partial charge in [-0.15, -0.1) is 0 Å². The Hall–Kier alpha value is -1.85. The Labute approximate surface area is 155 Å². The van der Waals surface area contributed by atoms with E-state index in [0.29, 0.717) is 42.1 Å². The summed E-state index contributed by atoms with van der Waals surface area (Å²) in [5.74, 6) is 1.64. The summed E-state index contributed by atoms with van der Waals surface area (Å²) in [7, 11) is 1.37. The number of allylic oxidation sites excluding steroid dienone is 2. The molecule has 2 bridgehead atoms. The van der Waals surface area contributed by atoms with Crippen molar-refractivity contribution in [2.45, 2.75) is 50.7 Å². The van der Waals surface area contributed by atoms with Gasteiger partial charge in [-0.1, -0.05) is 30.4 Å². The van der Waals surface area contributed by atoms with Gasteiger partial charge in [-0.2, -0.15) is 0 Å². The summed E-state index contributed by atoms with van der Waals surface area (Å²) in [5.41, 5.74) is 0. The summed E-state index contributed by atoms with van der Waals surface area (Å²) in [5, 5.41) is 9.69. The lowest BCUT2D eigenvalue weighted by molar-refractivity contribution is -0.159. The lowest BCUT2D eigenvalue weighted by Gasteiger charge is -2.27. The van der Waals surface area contributed by atoms with E-state index in [1.807, 2.05) is 30.3 Å². The first-order chi connectivity index (χ1) is 12.6. The van der Waals surface area contributed by atoms with Crippen LogP contribution in [0.2, 0.25) is 0 Å². The average Bonchev–Trinajstić information content (AvgIpc) is 3.25. The Morgan fingerprint density at radius 2 is 1.96 bits per heavy atom. The fourth-order valence-electron chi connectivity index (χ4n) is 4.04. The largest absolute Gasteiger partial charge is 0.493 e. The van der Waals surface area contributed by atoms with Gasteiger partial charge in [0, 0.05) is 19.4 Å². The molecule has 26 heavy (non-hydrogen) atoms. The van der Waals surface area contributed by atoms with Crippen molar-refractivity contribution < 1.29 is 19.5 Å². The zero-order valence-corrected chi connectivity index (χ0v) is 15.4. The molecule has 142 valence electrons. The predicted molar refractivity (Wildman–Crippen MR) is 99.0 cm³/mol. The monoisotopic (exact) mass is 359 g/mol. The van der Waals surface area contributed by atoms with Gasteiger partial charge in [-0.25, -0.2) is 5.06 Å². The van der Waals surface area contributed by atoms with Gasteiger partial charge in [0.2, 0.25) is 5.91 Å². The van der Waals surface area contributed by atoms with E-state index in [-0.39, 0.29) is 5.91 Å². The second-order valence-electron chi connectivity index (χ2n) is 7.26.